The Balaban J connectivity index is 2.88. The summed E-state index contributed by atoms with van der Waals surface area (Å²) in [6.45, 7) is 0. The van der Waals surface area contributed by atoms with Crippen LogP contribution in [-0.4, -0.2) is 26.0 Å². The molecule has 0 N–H and O–H groups in total. The first-order valence-corrected chi connectivity index (χ1v) is 4.52. The highest BCUT2D eigenvalue weighted by Crippen LogP contribution is 2.17. The second kappa shape index (κ2) is 5.25. The van der Waals surface area contributed by atoms with Crippen molar-refractivity contribution in [1.29, 1.82) is 0 Å². The molecular formula is C11H11FO4. The maximum Gasteiger partial charge on any atom is 0.313 e. The van der Waals surface area contributed by atoms with Gasteiger partial charge in [-0.25, -0.2) is 4.39 Å². The molecule has 1 aromatic rings. The van der Waals surface area contributed by atoms with Crippen LogP contribution in [0.2, 0.25) is 0 Å². The normalized spacial score (nSPS) is 9.69. The topological polar surface area (TPSA) is 52.6 Å². The summed E-state index contributed by atoms with van der Waals surface area (Å²) < 4.78 is 22.5. The molecule has 0 aromatic heterocycles. The molecule has 1 aromatic carbocycles. The Bertz CT molecular complexity index is 414. The molecule has 0 aliphatic carbocycles. The van der Waals surface area contributed by atoms with Crippen molar-refractivity contribution in [2.24, 2.45) is 0 Å². The summed E-state index contributed by atoms with van der Waals surface area (Å²) in [4.78, 5) is 22.3. The number of methoxy groups -OCH3 is 2. The van der Waals surface area contributed by atoms with Crippen molar-refractivity contribution in [3.05, 3.63) is 29.6 Å². The zero-order chi connectivity index (χ0) is 12.1. The Hall–Kier alpha value is -1.91. The summed E-state index contributed by atoms with van der Waals surface area (Å²) in [7, 11) is 2.56. The van der Waals surface area contributed by atoms with Crippen molar-refractivity contribution in [2.75, 3.05) is 14.2 Å². The Kier molecular flexibility index (Phi) is 3.99. The Labute approximate surface area is 92.0 Å². The molecule has 0 amide bonds. The highest BCUT2D eigenvalue weighted by molar-refractivity contribution is 6.06. The number of carbonyl (C=O) groups excluding carboxylic acids is 2. The van der Waals surface area contributed by atoms with E-state index >= 15 is 0 Å². The molecule has 0 aliphatic heterocycles. The third-order valence-electron chi connectivity index (χ3n) is 2.01. The van der Waals surface area contributed by atoms with Gasteiger partial charge in [0, 0.05) is 6.07 Å². The van der Waals surface area contributed by atoms with Crippen molar-refractivity contribution in [2.45, 2.75) is 6.42 Å². The molecule has 0 radical (unpaired) electrons. The summed E-state index contributed by atoms with van der Waals surface area (Å²) in [5, 5.41) is 0. The van der Waals surface area contributed by atoms with E-state index in [0.717, 1.165) is 6.07 Å². The van der Waals surface area contributed by atoms with Gasteiger partial charge in [0.25, 0.3) is 0 Å². The van der Waals surface area contributed by atoms with Crippen molar-refractivity contribution in [1.82, 2.24) is 0 Å². The predicted octanol–water partition coefficient (Wildman–Crippen LogP) is 1.58. The predicted molar refractivity (Wildman–Crippen MR) is 53.9 cm³/mol. The summed E-state index contributed by atoms with van der Waals surface area (Å²) in [6, 6.07) is 3.82. The minimum Gasteiger partial charge on any atom is -0.497 e. The van der Waals surface area contributed by atoms with Crippen LogP contribution in [0.3, 0.4) is 0 Å². The largest absolute Gasteiger partial charge is 0.497 e. The molecule has 0 saturated carbocycles. The van der Waals surface area contributed by atoms with Crippen LogP contribution in [0.5, 0.6) is 5.75 Å². The average Bonchev–Trinajstić information content (AvgIpc) is 2.28. The van der Waals surface area contributed by atoms with Gasteiger partial charge in [-0.2, -0.15) is 0 Å². The second-order valence-electron chi connectivity index (χ2n) is 3.02. The van der Waals surface area contributed by atoms with Crippen LogP contribution >= 0.6 is 0 Å². The average molecular weight is 226 g/mol. The zero-order valence-corrected chi connectivity index (χ0v) is 8.95. The number of hydrogen-bond donors (Lipinski definition) is 0. The summed E-state index contributed by atoms with van der Waals surface area (Å²) in [5.41, 5.74) is -0.147. The zero-order valence-electron chi connectivity index (χ0n) is 8.95. The van der Waals surface area contributed by atoms with E-state index in [1.807, 2.05) is 0 Å². The number of esters is 1. The molecule has 5 heteroatoms. The van der Waals surface area contributed by atoms with Gasteiger partial charge in [0.2, 0.25) is 0 Å². The molecular weight excluding hydrogens is 215 g/mol. The lowest BCUT2D eigenvalue weighted by Crippen LogP contribution is -2.11. The van der Waals surface area contributed by atoms with Crippen molar-refractivity contribution in [3.63, 3.8) is 0 Å². The third-order valence-corrected chi connectivity index (χ3v) is 2.01. The summed E-state index contributed by atoms with van der Waals surface area (Å²) in [6.07, 6.45) is -0.472. The Morgan fingerprint density at radius 3 is 2.50 bits per heavy atom. The Morgan fingerprint density at radius 1 is 1.31 bits per heavy atom. The molecule has 0 fully saturated rings. The lowest BCUT2D eigenvalue weighted by Gasteiger charge is -2.04. The number of Topliss-reactive ketones (excluding diaryl/α,β-unsaturated/α-hetero) is 1. The van der Waals surface area contributed by atoms with Gasteiger partial charge in [-0.05, 0) is 12.1 Å². The minimum atomic E-state index is -0.715. The number of hydrogen-bond acceptors (Lipinski definition) is 4. The van der Waals surface area contributed by atoms with Crippen LogP contribution in [-0.2, 0) is 9.53 Å². The third kappa shape index (κ3) is 2.79. The van der Waals surface area contributed by atoms with Crippen LogP contribution in [0.15, 0.2) is 18.2 Å². The van der Waals surface area contributed by atoms with E-state index in [4.69, 9.17) is 4.74 Å². The SMILES string of the molecule is COC(=O)CC(=O)c1ccc(OC)cc1F. The molecule has 4 nitrogen and oxygen atoms in total. The van der Waals surface area contributed by atoms with Crippen LogP contribution in [0.4, 0.5) is 4.39 Å². The van der Waals surface area contributed by atoms with Crippen LogP contribution in [0, 0.1) is 5.82 Å². The van der Waals surface area contributed by atoms with Gasteiger partial charge < -0.3 is 9.47 Å². The molecule has 0 unspecified atom stereocenters. The van der Waals surface area contributed by atoms with Crippen molar-refractivity contribution < 1.29 is 23.5 Å². The van der Waals surface area contributed by atoms with E-state index in [1.54, 1.807) is 0 Å². The number of benzene rings is 1. The van der Waals surface area contributed by atoms with Crippen molar-refractivity contribution in [3.8, 4) is 5.75 Å². The standard InChI is InChI=1S/C11H11FO4/c1-15-7-3-4-8(9(12)5-7)10(13)6-11(14)16-2/h3-5H,6H2,1-2H3. The fourth-order valence-corrected chi connectivity index (χ4v) is 1.15. The van der Waals surface area contributed by atoms with E-state index in [-0.39, 0.29) is 5.56 Å². The summed E-state index contributed by atoms with van der Waals surface area (Å²) >= 11 is 0. The van der Waals surface area contributed by atoms with Gasteiger partial charge in [-0.3, -0.25) is 9.59 Å². The molecule has 86 valence electrons. The van der Waals surface area contributed by atoms with Crippen LogP contribution in [0.1, 0.15) is 16.8 Å². The molecule has 0 saturated heterocycles. The number of rotatable bonds is 4. The Morgan fingerprint density at radius 2 is 2.00 bits per heavy atom. The first-order valence-electron chi connectivity index (χ1n) is 4.52. The van der Waals surface area contributed by atoms with E-state index in [9.17, 15) is 14.0 Å². The van der Waals surface area contributed by atoms with Gasteiger partial charge in [0.1, 0.15) is 18.0 Å². The summed E-state index contributed by atoms with van der Waals surface area (Å²) in [5.74, 6) is -1.72. The highest BCUT2D eigenvalue weighted by atomic mass is 19.1. The smallest absolute Gasteiger partial charge is 0.313 e. The van der Waals surface area contributed by atoms with Gasteiger partial charge >= 0.3 is 5.97 Å². The molecule has 0 spiro atoms. The second-order valence-corrected chi connectivity index (χ2v) is 3.02. The number of halogens is 1. The molecule has 0 heterocycles. The van der Waals surface area contributed by atoms with Gasteiger partial charge in [0.15, 0.2) is 5.78 Å². The first-order chi connectivity index (χ1) is 7.58. The van der Waals surface area contributed by atoms with E-state index in [2.05, 4.69) is 4.74 Å². The number of ketones is 1. The monoisotopic (exact) mass is 226 g/mol. The van der Waals surface area contributed by atoms with Crippen LogP contribution < -0.4 is 4.74 Å². The molecule has 0 aliphatic rings. The highest BCUT2D eigenvalue weighted by Gasteiger charge is 2.16. The van der Waals surface area contributed by atoms with Crippen LogP contribution in [0.25, 0.3) is 0 Å². The number of carbonyl (C=O) groups is 2. The van der Waals surface area contributed by atoms with E-state index in [1.165, 1.54) is 26.4 Å². The van der Waals surface area contributed by atoms with Gasteiger partial charge in [-0.15, -0.1) is 0 Å². The molecule has 0 bridgehead atoms. The minimum absolute atomic E-state index is 0.147. The van der Waals surface area contributed by atoms with Gasteiger partial charge in [-0.1, -0.05) is 0 Å². The fourth-order valence-electron chi connectivity index (χ4n) is 1.15. The van der Waals surface area contributed by atoms with E-state index in [0.29, 0.717) is 5.75 Å². The van der Waals surface area contributed by atoms with Crippen molar-refractivity contribution >= 4 is 11.8 Å². The van der Waals surface area contributed by atoms with Gasteiger partial charge in [0.05, 0.1) is 19.8 Å². The maximum absolute atomic E-state index is 13.4. The first kappa shape index (κ1) is 12.2. The lowest BCUT2D eigenvalue weighted by atomic mass is 10.1. The maximum atomic E-state index is 13.4. The van der Waals surface area contributed by atoms with E-state index < -0.39 is 24.0 Å². The molecule has 1 rings (SSSR count). The molecule has 16 heavy (non-hydrogen) atoms. The number of ether oxygens (including phenoxy) is 2. The fraction of sp³-hybridized carbons (Fsp3) is 0.273. The molecule has 0 atom stereocenters. The quantitative estimate of drug-likeness (QED) is 0.444. The lowest BCUT2D eigenvalue weighted by molar-refractivity contribution is -0.139.